The fraction of sp³-hybridized carbons (Fsp3) is 0.533. The molecule has 0 spiro atoms. The molecule has 2 rings (SSSR count). The molecule has 1 heterocycles. The molecule has 1 aromatic carbocycles. The second kappa shape index (κ2) is 8.55. The van der Waals surface area contributed by atoms with Crippen LogP contribution in [0.25, 0.3) is 0 Å². The van der Waals surface area contributed by atoms with E-state index in [2.05, 4.69) is 17.4 Å². The number of hydrogen-bond donors (Lipinski definition) is 1. The first-order chi connectivity index (χ1) is 9.78. The van der Waals surface area contributed by atoms with Gasteiger partial charge >= 0.3 is 0 Å². The SMILES string of the molecule is O=C(CSCc1cccc(CCl)c1)NCC1CCCO1. The van der Waals surface area contributed by atoms with Crippen molar-refractivity contribution in [1.82, 2.24) is 5.32 Å². The number of hydrogen-bond acceptors (Lipinski definition) is 3. The van der Waals surface area contributed by atoms with Crippen LogP contribution in [0.3, 0.4) is 0 Å². The summed E-state index contributed by atoms with van der Waals surface area (Å²) in [6.07, 6.45) is 2.37. The Morgan fingerprint density at radius 2 is 2.30 bits per heavy atom. The van der Waals surface area contributed by atoms with Crippen LogP contribution < -0.4 is 5.32 Å². The molecule has 20 heavy (non-hydrogen) atoms. The summed E-state index contributed by atoms with van der Waals surface area (Å²) in [5, 5.41) is 2.93. The molecule has 1 amide bonds. The molecule has 1 N–H and O–H groups in total. The van der Waals surface area contributed by atoms with Crippen LogP contribution in [0.1, 0.15) is 24.0 Å². The first-order valence-electron chi connectivity index (χ1n) is 6.88. The molecule has 0 radical (unpaired) electrons. The van der Waals surface area contributed by atoms with Crippen molar-refractivity contribution in [2.24, 2.45) is 0 Å². The molecule has 3 nitrogen and oxygen atoms in total. The van der Waals surface area contributed by atoms with Gasteiger partial charge in [-0.15, -0.1) is 23.4 Å². The van der Waals surface area contributed by atoms with Gasteiger partial charge in [-0.3, -0.25) is 4.79 Å². The minimum atomic E-state index is 0.0824. The van der Waals surface area contributed by atoms with Gasteiger partial charge in [-0.05, 0) is 24.0 Å². The van der Waals surface area contributed by atoms with Crippen molar-refractivity contribution in [3.8, 4) is 0 Å². The predicted octanol–water partition coefficient (Wildman–Crippen LogP) is 2.95. The molecule has 110 valence electrons. The molecule has 1 fully saturated rings. The number of benzene rings is 1. The number of ether oxygens (including phenoxy) is 1. The lowest BCUT2D eigenvalue weighted by molar-refractivity contribution is -0.119. The predicted molar refractivity (Wildman–Crippen MR) is 84.1 cm³/mol. The standard InChI is InChI=1S/C15H20ClNO2S/c16-8-12-3-1-4-13(7-12)10-20-11-15(18)17-9-14-5-2-6-19-14/h1,3-4,7,14H,2,5-6,8-11H2,(H,17,18). The number of nitrogens with one attached hydrogen (secondary N) is 1. The van der Waals surface area contributed by atoms with Gasteiger partial charge in [0.15, 0.2) is 0 Å². The summed E-state index contributed by atoms with van der Waals surface area (Å²) in [4.78, 5) is 11.7. The molecule has 0 aromatic heterocycles. The zero-order valence-electron chi connectivity index (χ0n) is 11.4. The minimum Gasteiger partial charge on any atom is -0.376 e. The van der Waals surface area contributed by atoms with E-state index in [-0.39, 0.29) is 12.0 Å². The number of rotatable bonds is 7. The number of thioether (sulfide) groups is 1. The Morgan fingerprint density at radius 3 is 3.05 bits per heavy atom. The van der Waals surface area contributed by atoms with E-state index in [9.17, 15) is 4.79 Å². The summed E-state index contributed by atoms with van der Waals surface area (Å²) < 4.78 is 5.47. The first kappa shape index (κ1) is 15.7. The van der Waals surface area contributed by atoms with Gasteiger partial charge in [-0.2, -0.15) is 0 Å². The molecule has 0 aliphatic carbocycles. The van der Waals surface area contributed by atoms with Gasteiger partial charge in [0.1, 0.15) is 0 Å². The van der Waals surface area contributed by atoms with Crippen LogP contribution in [0.4, 0.5) is 0 Å². The molecule has 1 saturated heterocycles. The second-order valence-electron chi connectivity index (χ2n) is 4.89. The zero-order chi connectivity index (χ0) is 14.2. The van der Waals surface area contributed by atoms with Crippen LogP contribution in [0.5, 0.6) is 0 Å². The minimum absolute atomic E-state index is 0.0824. The maximum absolute atomic E-state index is 11.7. The van der Waals surface area contributed by atoms with Gasteiger partial charge < -0.3 is 10.1 Å². The van der Waals surface area contributed by atoms with Crippen LogP contribution in [-0.4, -0.2) is 30.9 Å². The molecule has 1 aliphatic rings. The molecule has 1 aromatic rings. The Bertz CT molecular complexity index is 436. The fourth-order valence-electron chi connectivity index (χ4n) is 2.15. The quantitative estimate of drug-likeness (QED) is 0.787. The van der Waals surface area contributed by atoms with E-state index in [0.717, 1.165) is 30.8 Å². The topological polar surface area (TPSA) is 38.3 Å². The normalized spacial score (nSPS) is 18.1. The molecule has 1 aliphatic heterocycles. The van der Waals surface area contributed by atoms with Gasteiger partial charge in [0, 0.05) is 24.8 Å². The molecule has 1 unspecified atom stereocenters. The van der Waals surface area contributed by atoms with Crippen LogP contribution >= 0.6 is 23.4 Å². The Kier molecular flexibility index (Phi) is 6.70. The third kappa shape index (κ3) is 5.35. The number of halogens is 1. The van der Waals surface area contributed by atoms with Gasteiger partial charge in [0.2, 0.25) is 5.91 Å². The van der Waals surface area contributed by atoms with Gasteiger partial charge in [0.25, 0.3) is 0 Å². The lowest BCUT2D eigenvalue weighted by Crippen LogP contribution is -2.32. The third-order valence-corrected chi connectivity index (χ3v) is 4.51. The lowest BCUT2D eigenvalue weighted by atomic mass is 10.2. The molecule has 0 saturated carbocycles. The first-order valence-corrected chi connectivity index (χ1v) is 8.56. The monoisotopic (exact) mass is 313 g/mol. The Balaban J connectivity index is 1.63. The van der Waals surface area contributed by atoms with E-state index >= 15 is 0 Å². The molecule has 5 heteroatoms. The number of carbonyl (C=O) groups is 1. The Morgan fingerprint density at radius 1 is 1.45 bits per heavy atom. The van der Waals surface area contributed by atoms with Crippen molar-refractivity contribution in [3.63, 3.8) is 0 Å². The Hall–Kier alpha value is -0.710. The van der Waals surface area contributed by atoms with Crippen molar-refractivity contribution in [2.75, 3.05) is 18.9 Å². The van der Waals surface area contributed by atoms with Crippen LogP contribution in [0.2, 0.25) is 0 Å². The van der Waals surface area contributed by atoms with Crippen molar-refractivity contribution < 1.29 is 9.53 Å². The van der Waals surface area contributed by atoms with E-state index in [0.29, 0.717) is 18.2 Å². The summed E-state index contributed by atoms with van der Waals surface area (Å²) in [6.45, 7) is 1.47. The van der Waals surface area contributed by atoms with Crippen LogP contribution in [0, 0.1) is 0 Å². The molecule has 1 atom stereocenters. The van der Waals surface area contributed by atoms with Crippen molar-refractivity contribution >= 4 is 29.3 Å². The molecule has 0 bridgehead atoms. The average Bonchev–Trinajstić information content (AvgIpc) is 2.99. The van der Waals surface area contributed by atoms with Crippen LogP contribution in [0.15, 0.2) is 24.3 Å². The average molecular weight is 314 g/mol. The van der Waals surface area contributed by atoms with E-state index in [1.807, 2.05) is 12.1 Å². The van der Waals surface area contributed by atoms with Crippen molar-refractivity contribution in [2.45, 2.75) is 30.6 Å². The summed E-state index contributed by atoms with van der Waals surface area (Å²) in [5.41, 5.74) is 2.33. The third-order valence-electron chi connectivity index (χ3n) is 3.20. The van der Waals surface area contributed by atoms with E-state index in [4.69, 9.17) is 16.3 Å². The van der Waals surface area contributed by atoms with Crippen molar-refractivity contribution in [1.29, 1.82) is 0 Å². The fourth-order valence-corrected chi connectivity index (χ4v) is 3.12. The highest BCUT2D eigenvalue weighted by molar-refractivity contribution is 7.99. The van der Waals surface area contributed by atoms with Crippen LogP contribution in [-0.2, 0) is 21.2 Å². The summed E-state index contributed by atoms with van der Waals surface area (Å²) in [5.74, 6) is 1.93. The summed E-state index contributed by atoms with van der Waals surface area (Å²) in [7, 11) is 0. The summed E-state index contributed by atoms with van der Waals surface area (Å²) in [6, 6.07) is 8.16. The van der Waals surface area contributed by atoms with E-state index in [1.165, 1.54) is 5.56 Å². The number of carbonyl (C=O) groups excluding carboxylic acids is 1. The maximum atomic E-state index is 11.7. The second-order valence-corrected chi connectivity index (χ2v) is 6.14. The zero-order valence-corrected chi connectivity index (χ0v) is 13.0. The highest BCUT2D eigenvalue weighted by atomic mass is 35.5. The highest BCUT2D eigenvalue weighted by Gasteiger charge is 2.15. The summed E-state index contributed by atoms with van der Waals surface area (Å²) >= 11 is 7.42. The molecular formula is C15H20ClNO2S. The number of alkyl halides is 1. The lowest BCUT2D eigenvalue weighted by Gasteiger charge is -2.10. The van der Waals surface area contributed by atoms with Crippen molar-refractivity contribution in [3.05, 3.63) is 35.4 Å². The van der Waals surface area contributed by atoms with E-state index in [1.54, 1.807) is 11.8 Å². The largest absolute Gasteiger partial charge is 0.376 e. The van der Waals surface area contributed by atoms with Gasteiger partial charge in [-0.1, -0.05) is 24.3 Å². The highest BCUT2D eigenvalue weighted by Crippen LogP contribution is 2.15. The Labute approximate surface area is 129 Å². The molecular weight excluding hydrogens is 294 g/mol. The van der Waals surface area contributed by atoms with E-state index < -0.39 is 0 Å². The number of amides is 1. The maximum Gasteiger partial charge on any atom is 0.230 e. The smallest absolute Gasteiger partial charge is 0.230 e. The van der Waals surface area contributed by atoms with Gasteiger partial charge in [-0.25, -0.2) is 0 Å². The van der Waals surface area contributed by atoms with Gasteiger partial charge in [0.05, 0.1) is 11.9 Å².